The van der Waals surface area contributed by atoms with Crippen LogP contribution in [0.15, 0.2) is 30.6 Å². The van der Waals surface area contributed by atoms with Crippen LogP contribution in [0.5, 0.6) is 0 Å². The number of hydrogen-bond acceptors (Lipinski definition) is 4. The van der Waals surface area contributed by atoms with Crippen molar-refractivity contribution in [1.82, 2.24) is 19.4 Å². The van der Waals surface area contributed by atoms with E-state index < -0.39 is 5.97 Å². The molecule has 2 heterocycles. The van der Waals surface area contributed by atoms with Crippen molar-refractivity contribution in [2.75, 3.05) is 19.6 Å². The fraction of sp³-hybridized carbons (Fsp3) is 0.474. The summed E-state index contributed by atoms with van der Waals surface area (Å²) < 4.78 is 1.84. The number of carbonyl (C=O) groups is 3. The lowest BCUT2D eigenvalue weighted by Gasteiger charge is -2.28. The third-order valence-corrected chi connectivity index (χ3v) is 5.03. The number of carboxylic acid groups (broad SMARTS) is 1. The van der Waals surface area contributed by atoms with Gasteiger partial charge in [-0.2, -0.15) is 0 Å². The van der Waals surface area contributed by atoms with Gasteiger partial charge in [0.05, 0.1) is 17.4 Å². The molecule has 0 saturated carbocycles. The predicted octanol–water partition coefficient (Wildman–Crippen LogP) is 1.35. The summed E-state index contributed by atoms with van der Waals surface area (Å²) in [7, 11) is 0. The number of aliphatic carboxylic acids is 1. The molecule has 8 heteroatoms. The first-order chi connectivity index (χ1) is 13.0. The highest BCUT2D eigenvalue weighted by molar-refractivity contribution is 5.81. The van der Waals surface area contributed by atoms with Crippen molar-refractivity contribution in [3.8, 4) is 0 Å². The van der Waals surface area contributed by atoms with Crippen LogP contribution in [0.4, 0.5) is 0 Å². The number of nitrogens with zero attached hydrogens (tertiary/aromatic N) is 4. The van der Waals surface area contributed by atoms with Crippen molar-refractivity contribution in [3.63, 3.8) is 0 Å². The number of para-hydroxylation sites is 2. The minimum Gasteiger partial charge on any atom is -0.480 e. The van der Waals surface area contributed by atoms with Gasteiger partial charge < -0.3 is 19.5 Å². The lowest BCUT2D eigenvalue weighted by atomic mass is 10.1. The van der Waals surface area contributed by atoms with E-state index in [4.69, 9.17) is 5.11 Å². The van der Waals surface area contributed by atoms with Gasteiger partial charge in [0.1, 0.15) is 13.1 Å². The Hall–Kier alpha value is -2.90. The molecule has 0 bridgehead atoms. The summed E-state index contributed by atoms with van der Waals surface area (Å²) in [6.45, 7) is 2.44. The van der Waals surface area contributed by atoms with Gasteiger partial charge in [-0.05, 0) is 31.4 Å². The molecule has 1 fully saturated rings. The Morgan fingerprint density at radius 3 is 2.74 bits per heavy atom. The van der Waals surface area contributed by atoms with Crippen LogP contribution >= 0.6 is 0 Å². The second kappa shape index (κ2) is 8.20. The summed E-state index contributed by atoms with van der Waals surface area (Å²) in [5.74, 6) is -1.26. The smallest absolute Gasteiger partial charge is 0.323 e. The first-order valence-electron chi connectivity index (χ1n) is 9.12. The second-order valence-corrected chi connectivity index (χ2v) is 6.87. The zero-order valence-corrected chi connectivity index (χ0v) is 15.4. The molecular weight excluding hydrogens is 348 g/mol. The van der Waals surface area contributed by atoms with Crippen LogP contribution in [-0.2, 0) is 20.9 Å². The van der Waals surface area contributed by atoms with E-state index in [9.17, 15) is 14.4 Å². The third kappa shape index (κ3) is 4.45. The van der Waals surface area contributed by atoms with Crippen molar-refractivity contribution in [2.24, 2.45) is 0 Å². The molecule has 1 saturated heterocycles. The number of likely N-dealkylation sites (tertiary alicyclic amines) is 1. The van der Waals surface area contributed by atoms with E-state index in [1.807, 2.05) is 28.8 Å². The van der Waals surface area contributed by atoms with Crippen molar-refractivity contribution < 1.29 is 19.5 Å². The number of amides is 2. The lowest BCUT2D eigenvalue weighted by Crippen LogP contribution is -2.43. The lowest BCUT2D eigenvalue weighted by molar-refractivity contribution is -0.145. The molecule has 0 aliphatic carbocycles. The van der Waals surface area contributed by atoms with Crippen LogP contribution in [0.1, 0.15) is 26.2 Å². The topological polar surface area (TPSA) is 95.7 Å². The van der Waals surface area contributed by atoms with Gasteiger partial charge in [0, 0.05) is 26.1 Å². The van der Waals surface area contributed by atoms with Gasteiger partial charge in [0.15, 0.2) is 0 Å². The van der Waals surface area contributed by atoms with Gasteiger partial charge in [-0.25, -0.2) is 4.98 Å². The van der Waals surface area contributed by atoms with Crippen LogP contribution in [0.3, 0.4) is 0 Å². The average molecular weight is 372 g/mol. The monoisotopic (exact) mass is 372 g/mol. The van der Waals surface area contributed by atoms with Gasteiger partial charge in [-0.15, -0.1) is 0 Å². The number of hydrogen-bond donors (Lipinski definition) is 1. The summed E-state index contributed by atoms with van der Waals surface area (Å²) in [4.78, 5) is 43.1. The minimum atomic E-state index is -1.02. The number of carbonyl (C=O) groups excluding carboxylic acids is 2. The molecule has 1 aromatic carbocycles. The number of aromatic nitrogens is 2. The number of imidazole rings is 1. The van der Waals surface area contributed by atoms with Crippen molar-refractivity contribution in [3.05, 3.63) is 30.6 Å². The van der Waals surface area contributed by atoms with Crippen LogP contribution in [0.2, 0.25) is 0 Å². The van der Waals surface area contributed by atoms with Gasteiger partial charge >= 0.3 is 5.97 Å². The standard InChI is InChI=1S/C19H24N4O4/c1-14(24)23(12-19(26)27)15-5-4-9-21(10-8-15)18(25)11-22-13-20-16-6-2-3-7-17(16)22/h2-3,6-7,13,15H,4-5,8-12H2,1H3,(H,26,27)/t15-/m0/s1. The SMILES string of the molecule is CC(=O)N(CC(=O)O)[C@H]1CCCN(C(=O)Cn2cnc3ccccc32)CC1. The summed E-state index contributed by atoms with van der Waals surface area (Å²) in [5.41, 5.74) is 1.77. The number of fused-ring (bicyclic) bond motifs is 1. The summed E-state index contributed by atoms with van der Waals surface area (Å²) in [5, 5.41) is 9.04. The molecule has 0 unspecified atom stereocenters. The minimum absolute atomic E-state index is 0.00594. The van der Waals surface area contributed by atoms with E-state index in [1.54, 1.807) is 11.2 Å². The Morgan fingerprint density at radius 1 is 1.22 bits per heavy atom. The van der Waals surface area contributed by atoms with E-state index in [0.29, 0.717) is 25.9 Å². The number of rotatable bonds is 5. The van der Waals surface area contributed by atoms with Crippen LogP contribution in [-0.4, -0.2) is 67.9 Å². The maximum absolute atomic E-state index is 12.8. The quantitative estimate of drug-likeness (QED) is 0.855. The van der Waals surface area contributed by atoms with E-state index >= 15 is 0 Å². The Kier molecular flexibility index (Phi) is 5.73. The van der Waals surface area contributed by atoms with Gasteiger partial charge in [-0.3, -0.25) is 14.4 Å². The Balaban J connectivity index is 1.64. The predicted molar refractivity (Wildman–Crippen MR) is 99.0 cm³/mol. The molecule has 0 spiro atoms. The summed E-state index contributed by atoms with van der Waals surface area (Å²) in [6.07, 6.45) is 3.70. The van der Waals surface area contributed by atoms with E-state index in [2.05, 4.69) is 4.98 Å². The molecule has 27 heavy (non-hydrogen) atoms. The zero-order chi connectivity index (χ0) is 19.4. The fourth-order valence-corrected chi connectivity index (χ4v) is 3.67. The highest BCUT2D eigenvalue weighted by Crippen LogP contribution is 2.18. The van der Waals surface area contributed by atoms with Crippen LogP contribution in [0, 0.1) is 0 Å². The third-order valence-electron chi connectivity index (χ3n) is 5.03. The maximum Gasteiger partial charge on any atom is 0.323 e. The van der Waals surface area contributed by atoms with Crippen LogP contribution < -0.4 is 0 Å². The summed E-state index contributed by atoms with van der Waals surface area (Å²) >= 11 is 0. The normalized spacial score (nSPS) is 17.5. The van der Waals surface area contributed by atoms with Gasteiger partial charge in [0.2, 0.25) is 11.8 Å². The molecule has 8 nitrogen and oxygen atoms in total. The number of benzene rings is 1. The van der Waals surface area contributed by atoms with Gasteiger partial charge in [0.25, 0.3) is 0 Å². The van der Waals surface area contributed by atoms with Crippen molar-refractivity contribution in [1.29, 1.82) is 0 Å². The molecular formula is C19H24N4O4. The van der Waals surface area contributed by atoms with Crippen molar-refractivity contribution >= 4 is 28.8 Å². The highest BCUT2D eigenvalue weighted by atomic mass is 16.4. The van der Waals surface area contributed by atoms with E-state index in [0.717, 1.165) is 17.5 Å². The second-order valence-electron chi connectivity index (χ2n) is 6.87. The zero-order valence-electron chi connectivity index (χ0n) is 15.4. The Morgan fingerprint density at radius 2 is 2.00 bits per heavy atom. The molecule has 2 amide bonds. The average Bonchev–Trinajstić information content (AvgIpc) is 2.87. The van der Waals surface area contributed by atoms with E-state index in [-0.39, 0.29) is 30.9 Å². The van der Waals surface area contributed by atoms with E-state index in [1.165, 1.54) is 11.8 Å². The maximum atomic E-state index is 12.8. The molecule has 1 aromatic heterocycles. The Labute approximate surface area is 157 Å². The highest BCUT2D eigenvalue weighted by Gasteiger charge is 2.27. The fourth-order valence-electron chi connectivity index (χ4n) is 3.67. The molecule has 1 aliphatic heterocycles. The number of carboxylic acids is 1. The van der Waals surface area contributed by atoms with Gasteiger partial charge in [-0.1, -0.05) is 12.1 Å². The molecule has 1 aliphatic rings. The first kappa shape index (κ1) is 18.9. The molecule has 0 radical (unpaired) electrons. The first-order valence-corrected chi connectivity index (χ1v) is 9.12. The molecule has 1 atom stereocenters. The molecule has 1 N–H and O–H groups in total. The van der Waals surface area contributed by atoms with Crippen molar-refractivity contribution in [2.45, 2.75) is 38.8 Å². The summed E-state index contributed by atoms with van der Waals surface area (Å²) in [6, 6.07) is 7.52. The molecule has 2 aromatic rings. The van der Waals surface area contributed by atoms with Crippen LogP contribution in [0.25, 0.3) is 11.0 Å². The molecule has 144 valence electrons. The molecule has 3 rings (SSSR count). The largest absolute Gasteiger partial charge is 0.480 e. The Bertz CT molecular complexity index is 847.